The molecule has 0 radical (unpaired) electrons. The molecule has 0 spiro atoms. The maximum absolute atomic E-state index is 11.3. The third kappa shape index (κ3) is 3.14. The molecule has 1 aromatic heterocycles. The van der Waals surface area contributed by atoms with Gasteiger partial charge >= 0.3 is 5.97 Å². The molecule has 0 bridgehead atoms. The summed E-state index contributed by atoms with van der Waals surface area (Å²) in [6.45, 7) is 6.75. The first-order chi connectivity index (χ1) is 9.11. The van der Waals surface area contributed by atoms with Gasteiger partial charge in [-0.05, 0) is 19.0 Å². The van der Waals surface area contributed by atoms with Crippen molar-refractivity contribution < 1.29 is 9.90 Å². The Morgan fingerprint density at radius 1 is 1.42 bits per heavy atom. The van der Waals surface area contributed by atoms with Gasteiger partial charge in [-0.15, -0.1) is 0 Å². The highest BCUT2D eigenvalue weighted by atomic mass is 16.4. The Balaban J connectivity index is 2.13. The van der Waals surface area contributed by atoms with E-state index in [-0.39, 0.29) is 5.56 Å². The van der Waals surface area contributed by atoms with Gasteiger partial charge in [0, 0.05) is 26.2 Å². The Hall–Kier alpha value is -1.82. The highest BCUT2D eigenvalue weighted by molar-refractivity contribution is 5.94. The van der Waals surface area contributed by atoms with Crippen LogP contribution in [0.1, 0.15) is 23.7 Å². The molecule has 2 heterocycles. The first-order valence-electron chi connectivity index (χ1n) is 6.58. The Morgan fingerprint density at radius 2 is 2.11 bits per heavy atom. The van der Waals surface area contributed by atoms with Gasteiger partial charge in [-0.3, -0.25) is 4.90 Å². The number of nitrogen functional groups attached to an aromatic ring is 1. The normalized spacial score (nSPS) is 16.6. The number of hydrogen-bond acceptors (Lipinski definition) is 5. The first kappa shape index (κ1) is 13.6. The number of anilines is 2. The Labute approximate surface area is 112 Å². The van der Waals surface area contributed by atoms with Gasteiger partial charge in [-0.1, -0.05) is 6.92 Å². The van der Waals surface area contributed by atoms with Crippen LogP contribution in [0.2, 0.25) is 0 Å². The third-order valence-corrected chi connectivity index (χ3v) is 3.33. The smallest absolute Gasteiger partial charge is 0.339 e. The zero-order chi connectivity index (χ0) is 13.8. The largest absolute Gasteiger partial charge is 0.478 e. The number of hydrogen-bond donors (Lipinski definition) is 2. The molecule has 19 heavy (non-hydrogen) atoms. The second-order valence-electron chi connectivity index (χ2n) is 4.77. The summed E-state index contributed by atoms with van der Waals surface area (Å²) in [7, 11) is 0. The van der Waals surface area contributed by atoms with Crippen molar-refractivity contribution in [2.75, 3.05) is 43.4 Å². The van der Waals surface area contributed by atoms with Gasteiger partial charge in [0.1, 0.15) is 11.4 Å². The Kier molecular flexibility index (Phi) is 4.21. The lowest BCUT2D eigenvalue weighted by Gasteiger charge is -2.35. The number of aromatic carboxylic acids is 1. The standard InChI is InChI=1S/C13H20N4O2/c1-2-3-16-4-6-17(7-5-16)12-11(13(18)19)8-10(14)9-15-12/h8-9H,2-7,14H2,1H3,(H,18,19). The van der Waals surface area contributed by atoms with E-state index in [1.807, 2.05) is 4.90 Å². The number of carboxylic acids is 1. The summed E-state index contributed by atoms with van der Waals surface area (Å²) in [4.78, 5) is 19.9. The number of pyridine rings is 1. The molecule has 6 nitrogen and oxygen atoms in total. The van der Waals surface area contributed by atoms with E-state index < -0.39 is 5.97 Å². The SMILES string of the molecule is CCCN1CCN(c2ncc(N)cc2C(=O)O)CC1. The molecular weight excluding hydrogens is 244 g/mol. The van der Waals surface area contributed by atoms with Crippen LogP contribution in [0.3, 0.4) is 0 Å². The van der Waals surface area contributed by atoms with Gasteiger partial charge in [0.05, 0.1) is 11.9 Å². The molecule has 1 aromatic rings. The molecule has 3 N–H and O–H groups in total. The monoisotopic (exact) mass is 264 g/mol. The van der Waals surface area contributed by atoms with E-state index in [0.717, 1.165) is 39.1 Å². The van der Waals surface area contributed by atoms with E-state index >= 15 is 0 Å². The molecule has 0 unspecified atom stereocenters. The fourth-order valence-corrected chi connectivity index (χ4v) is 2.38. The van der Waals surface area contributed by atoms with Crippen LogP contribution in [0.4, 0.5) is 11.5 Å². The maximum Gasteiger partial charge on any atom is 0.339 e. The fourth-order valence-electron chi connectivity index (χ4n) is 2.38. The lowest BCUT2D eigenvalue weighted by atomic mass is 10.2. The summed E-state index contributed by atoms with van der Waals surface area (Å²) in [6, 6.07) is 1.48. The second-order valence-corrected chi connectivity index (χ2v) is 4.77. The zero-order valence-corrected chi connectivity index (χ0v) is 11.2. The summed E-state index contributed by atoms with van der Waals surface area (Å²) in [5, 5.41) is 9.22. The predicted octanol–water partition coefficient (Wildman–Crippen LogP) is 0.894. The average Bonchev–Trinajstić information content (AvgIpc) is 2.40. The molecule has 0 amide bonds. The van der Waals surface area contributed by atoms with Crippen LogP contribution in [0.15, 0.2) is 12.3 Å². The molecule has 1 saturated heterocycles. The number of nitrogens with two attached hydrogens (primary N) is 1. The van der Waals surface area contributed by atoms with Crippen molar-refractivity contribution in [1.82, 2.24) is 9.88 Å². The summed E-state index contributed by atoms with van der Waals surface area (Å²) < 4.78 is 0. The topological polar surface area (TPSA) is 82.7 Å². The first-order valence-corrected chi connectivity index (χ1v) is 6.58. The average molecular weight is 264 g/mol. The fraction of sp³-hybridized carbons (Fsp3) is 0.538. The zero-order valence-electron chi connectivity index (χ0n) is 11.2. The Bertz CT molecular complexity index is 456. The van der Waals surface area contributed by atoms with Crippen LogP contribution in [-0.2, 0) is 0 Å². The minimum Gasteiger partial charge on any atom is -0.478 e. The van der Waals surface area contributed by atoms with Crippen LogP contribution >= 0.6 is 0 Å². The summed E-state index contributed by atoms with van der Waals surface area (Å²) in [5.41, 5.74) is 6.17. The summed E-state index contributed by atoms with van der Waals surface area (Å²) in [5.74, 6) is -0.455. The molecule has 1 fully saturated rings. The van der Waals surface area contributed by atoms with Crippen molar-refractivity contribution in [3.63, 3.8) is 0 Å². The number of nitrogens with zero attached hydrogens (tertiary/aromatic N) is 3. The number of carboxylic acid groups (broad SMARTS) is 1. The highest BCUT2D eigenvalue weighted by Crippen LogP contribution is 2.21. The van der Waals surface area contributed by atoms with Crippen LogP contribution < -0.4 is 10.6 Å². The van der Waals surface area contributed by atoms with E-state index in [0.29, 0.717) is 11.5 Å². The van der Waals surface area contributed by atoms with Crippen molar-refractivity contribution in [2.45, 2.75) is 13.3 Å². The van der Waals surface area contributed by atoms with Crippen LogP contribution in [0.5, 0.6) is 0 Å². The minimum absolute atomic E-state index is 0.184. The molecular formula is C13H20N4O2. The molecule has 0 aliphatic carbocycles. The molecule has 2 rings (SSSR count). The molecule has 0 saturated carbocycles. The number of carbonyl (C=O) groups is 1. The van der Waals surface area contributed by atoms with Crippen molar-refractivity contribution in [3.05, 3.63) is 17.8 Å². The molecule has 1 aliphatic heterocycles. The van der Waals surface area contributed by atoms with Crippen LogP contribution in [-0.4, -0.2) is 53.7 Å². The summed E-state index contributed by atoms with van der Waals surface area (Å²) >= 11 is 0. The molecule has 104 valence electrons. The second kappa shape index (κ2) is 5.88. The van der Waals surface area contributed by atoms with Gasteiger partial charge in [-0.2, -0.15) is 0 Å². The van der Waals surface area contributed by atoms with Crippen molar-refractivity contribution in [3.8, 4) is 0 Å². The quantitative estimate of drug-likeness (QED) is 0.840. The van der Waals surface area contributed by atoms with E-state index in [2.05, 4.69) is 16.8 Å². The lowest BCUT2D eigenvalue weighted by molar-refractivity contribution is 0.0697. The number of piperazine rings is 1. The Morgan fingerprint density at radius 3 is 2.68 bits per heavy atom. The molecule has 6 heteroatoms. The number of aromatic nitrogens is 1. The van der Waals surface area contributed by atoms with Crippen molar-refractivity contribution >= 4 is 17.5 Å². The highest BCUT2D eigenvalue weighted by Gasteiger charge is 2.22. The van der Waals surface area contributed by atoms with Gasteiger partial charge in [-0.25, -0.2) is 9.78 Å². The van der Waals surface area contributed by atoms with E-state index in [4.69, 9.17) is 5.73 Å². The molecule has 1 aliphatic rings. The van der Waals surface area contributed by atoms with Crippen LogP contribution in [0, 0.1) is 0 Å². The lowest BCUT2D eigenvalue weighted by Crippen LogP contribution is -2.47. The van der Waals surface area contributed by atoms with Crippen LogP contribution in [0.25, 0.3) is 0 Å². The molecule has 0 atom stereocenters. The van der Waals surface area contributed by atoms with E-state index in [1.54, 1.807) is 0 Å². The molecule has 0 aromatic carbocycles. The van der Waals surface area contributed by atoms with Gasteiger partial charge < -0.3 is 15.7 Å². The predicted molar refractivity (Wildman–Crippen MR) is 74.6 cm³/mol. The third-order valence-electron chi connectivity index (χ3n) is 3.33. The summed E-state index contributed by atoms with van der Waals surface area (Å²) in [6.07, 6.45) is 2.65. The van der Waals surface area contributed by atoms with Crippen molar-refractivity contribution in [2.24, 2.45) is 0 Å². The maximum atomic E-state index is 11.3. The van der Waals surface area contributed by atoms with Gasteiger partial charge in [0.25, 0.3) is 0 Å². The van der Waals surface area contributed by atoms with Gasteiger partial charge in [0.15, 0.2) is 0 Å². The number of rotatable bonds is 4. The van der Waals surface area contributed by atoms with Gasteiger partial charge in [0.2, 0.25) is 0 Å². The van der Waals surface area contributed by atoms with E-state index in [1.165, 1.54) is 12.3 Å². The minimum atomic E-state index is -0.981. The van der Waals surface area contributed by atoms with E-state index in [9.17, 15) is 9.90 Å². The van der Waals surface area contributed by atoms with Crippen molar-refractivity contribution in [1.29, 1.82) is 0 Å².